The number of hydrogen-bond donors (Lipinski definition) is 4. The molecule has 0 unspecified atom stereocenters. The molecule has 1 fully saturated rings. The third-order valence-electron chi connectivity index (χ3n) is 4.26. The number of aromatic nitrogens is 2. The maximum atomic E-state index is 11.9. The number of nitrogens with two attached hydrogens (primary N) is 1. The van der Waals surface area contributed by atoms with Crippen molar-refractivity contribution in [2.75, 3.05) is 17.2 Å². The summed E-state index contributed by atoms with van der Waals surface area (Å²) in [5.74, 6) is 0.543. The number of carbonyl (C=O) groups excluding carboxylic acids is 2. The number of carbonyl (C=O) groups is 2. The predicted octanol–water partition coefficient (Wildman–Crippen LogP) is 1.50. The second-order valence-corrected chi connectivity index (χ2v) is 6.71. The minimum Gasteiger partial charge on any atom is -0.367 e. The van der Waals surface area contributed by atoms with Crippen LogP contribution in [0, 0.1) is 5.92 Å². The molecule has 1 aliphatic carbocycles. The van der Waals surface area contributed by atoms with Crippen molar-refractivity contribution in [1.29, 1.82) is 0 Å². The zero-order valence-corrected chi connectivity index (χ0v) is 15.1. The molecule has 0 spiro atoms. The minimum absolute atomic E-state index is 0.0668. The van der Waals surface area contributed by atoms with Crippen LogP contribution in [0.1, 0.15) is 56.8 Å². The first-order valence-electron chi connectivity index (χ1n) is 8.88. The average Bonchev–Trinajstić information content (AvgIpc) is 2.55. The summed E-state index contributed by atoms with van der Waals surface area (Å²) in [5, 5.41) is 9.31. The van der Waals surface area contributed by atoms with Crippen LogP contribution in [0.25, 0.3) is 0 Å². The van der Waals surface area contributed by atoms with E-state index in [0.717, 1.165) is 25.7 Å². The van der Waals surface area contributed by atoms with Gasteiger partial charge in [0.15, 0.2) is 0 Å². The van der Waals surface area contributed by atoms with Crippen molar-refractivity contribution in [2.45, 2.75) is 58.5 Å². The van der Waals surface area contributed by atoms with Crippen molar-refractivity contribution in [3.8, 4) is 0 Å². The summed E-state index contributed by atoms with van der Waals surface area (Å²) < 4.78 is 0. The first kappa shape index (κ1) is 19.0. The maximum absolute atomic E-state index is 11.9. The zero-order valence-electron chi connectivity index (χ0n) is 15.1. The number of nitrogens with zero attached hydrogens (tertiary/aromatic N) is 2. The molecule has 1 heterocycles. The molecule has 25 heavy (non-hydrogen) atoms. The van der Waals surface area contributed by atoms with Gasteiger partial charge in [0.1, 0.15) is 5.82 Å². The Balaban J connectivity index is 2.04. The van der Waals surface area contributed by atoms with E-state index in [0.29, 0.717) is 18.3 Å². The Morgan fingerprint density at radius 1 is 1.28 bits per heavy atom. The molecule has 1 saturated carbocycles. The lowest BCUT2D eigenvalue weighted by Crippen LogP contribution is -2.36. The SMILES string of the molecule is CCNC(=O)[C@H]1CC[C@@H](Nc2nc(NC(C)C)ncc2C(N)=O)CC1. The number of rotatable bonds is 7. The molecule has 0 bridgehead atoms. The van der Waals surface area contributed by atoms with E-state index in [1.54, 1.807) is 0 Å². The van der Waals surface area contributed by atoms with Gasteiger partial charge < -0.3 is 21.7 Å². The fraction of sp³-hybridized carbons (Fsp3) is 0.647. The van der Waals surface area contributed by atoms with Gasteiger partial charge in [-0.1, -0.05) is 0 Å². The van der Waals surface area contributed by atoms with Gasteiger partial charge in [-0.2, -0.15) is 4.98 Å². The van der Waals surface area contributed by atoms with Crippen LogP contribution in [-0.4, -0.2) is 40.4 Å². The van der Waals surface area contributed by atoms with Crippen LogP contribution in [0.5, 0.6) is 0 Å². The molecule has 8 nitrogen and oxygen atoms in total. The second kappa shape index (κ2) is 8.64. The van der Waals surface area contributed by atoms with Gasteiger partial charge in [-0.3, -0.25) is 9.59 Å². The maximum Gasteiger partial charge on any atom is 0.254 e. The van der Waals surface area contributed by atoms with Crippen LogP contribution >= 0.6 is 0 Å². The zero-order chi connectivity index (χ0) is 18.4. The van der Waals surface area contributed by atoms with Crippen LogP contribution in [0.4, 0.5) is 11.8 Å². The van der Waals surface area contributed by atoms with Gasteiger partial charge in [-0.25, -0.2) is 4.98 Å². The molecule has 0 aliphatic heterocycles. The summed E-state index contributed by atoms with van der Waals surface area (Å²) in [4.78, 5) is 32.1. The molecule has 1 aromatic rings. The van der Waals surface area contributed by atoms with Crippen LogP contribution < -0.4 is 21.7 Å². The highest BCUT2D eigenvalue weighted by atomic mass is 16.2. The third kappa shape index (κ3) is 5.30. The van der Waals surface area contributed by atoms with Crippen molar-refractivity contribution in [1.82, 2.24) is 15.3 Å². The quantitative estimate of drug-likeness (QED) is 0.592. The number of anilines is 2. The highest BCUT2D eigenvalue weighted by Gasteiger charge is 2.27. The monoisotopic (exact) mass is 348 g/mol. The van der Waals surface area contributed by atoms with Gasteiger partial charge in [0.25, 0.3) is 5.91 Å². The van der Waals surface area contributed by atoms with Crippen LogP contribution in [0.15, 0.2) is 6.20 Å². The summed E-state index contributed by atoms with van der Waals surface area (Å²) in [5.41, 5.74) is 5.71. The number of nitrogens with one attached hydrogen (secondary N) is 3. The Morgan fingerprint density at radius 3 is 2.52 bits per heavy atom. The lowest BCUT2D eigenvalue weighted by molar-refractivity contribution is -0.125. The van der Waals surface area contributed by atoms with E-state index in [2.05, 4.69) is 25.9 Å². The molecule has 0 atom stereocenters. The molecule has 138 valence electrons. The van der Waals surface area contributed by atoms with E-state index in [4.69, 9.17) is 5.73 Å². The Bertz CT molecular complexity index is 611. The number of amides is 2. The summed E-state index contributed by atoms with van der Waals surface area (Å²) >= 11 is 0. The van der Waals surface area contributed by atoms with Crippen molar-refractivity contribution in [3.05, 3.63) is 11.8 Å². The van der Waals surface area contributed by atoms with Gasteiger partial charge in [-0.15, -0.1) is 0 Å². The molecule has 1 aromatic heterocycles. The van der Waals surface area contributed by atoms with Gasteiger partial charge >= 0.3 is 0 Å². The normalized spacial score (nSPS) is 20.2. The molecule has 2 amide bonds. The Kier molecular flexibility index (Phi) is 6.55. The lowest BCUT2D eigenvalue weighted by atomic mass is 9.85. The first-order chi connectivity index (χ1) is 11.9. The fourth-order valence-corrected chi connectivity index (χ4v) is 3.01. The van der Waals surface area contributed by atoms with Gasteiger partial charge in [-0.05, 0) is 46.5 Å². The summed E-state index contributed by atoms with van der Waals surface area (Å²) in [6.07, 6.45) is 4.77. The third-order valence-corrected chi connectivity index (χ3v) is 4.26. The Hall–Kier alpha value is -2.38. The van der Waals surface area contributed by atoms with Crippen LogP contribution in [0.3, 0.4) is 0 Å². The molecule has 8 heteroatoms. The van der Waals surface area contributed by atoms with E-state index in [1.165, 1.54) is 6.20 Å². The standard InChI is InChI=1S/C17H28N6O2/c1-4-19-16(25)11-5-7-12(8-6-11)22-15-13(14(18)24)9-20-17(23-15)21-10(2)3/h9-12H,4-8H2,1-3H3,(H2,18,24)(H,19,25)(H2,20,21,22,23)/t11-,12+. The van der Waals surface area contributed by atoms with E-state index < -0.39 is 5.91 Å². The average molecular weight is 348 g/mol. The highest BCUT2D eigenvalue weighted by molar-refractivity contribution is 5.97. The lowest BCUT2D eigenvalue weighted by Gasteiger charge is -2.29. The summed E-state index contributed by atoms with van der Waals surface area (Å²) in [7, 11) is 0. The highest BCUT2D eigenvalue weighted by Crippen LogP contribution is 2.27. The molecule has 0 aromatic carbocycles. The van der Waals surface area contributed by atoms with Crippen molar-refractivity contribution in [3.63, 3.8) is 0 Å². The van der Waals surface area contributed by atoms with Crippen molar-refractivity contribution < 1.29 is 9.59 Å². The van der Waals surface area contributed by atoms with Crippen molar-refractivity contribution >= 4 is 23.6 Å². The molecule has 1 aliphatic rings. The second-order valence-electron chi connectivity index (χ2n) is 6.71. The van der Waals surface area contributed by atoms with E-state index in [1.807, 2.05) is 20.8 Å². The number of hydrogen-bond acceptors (Lipinski definition) is 6. The van der Waals surface area contributed by atoms with Crippen molar-refractivity contribution in [2.24, 2.45) is 11.7 Å². The van der Waals surface area contributed by atoms with Gasteiger partial charge in [0.2, 0.25) is 11.9 Å². The predicted molar refractivity (Wildman–Crippen MR) is 97.4 cm³/mol. The fourth-order valence-electron chi connectivity index (χ4n) is 3.01. The topological polar surface area (TPSA) is 122 Å². The summed E-state index contributed by atoms with van der Waals surface area (Å²) in [6.45, 7) is 6.56. The Labute approximate surface area is 148 Å². The van der Waals surface area contributed by atoms with Crippen LogP contribution in [-0.2, 0) is 4.79 Å². The van der Waals surface area contributed by atoms with Gasteiger partial charge in [0.05, 0.1) is 5.56 Å². The summed E-state index contributed by atoms with van der Waals surface area (Å²) in [6, 6.07) is 0.338. The number of primary amides is 1. The molecular formula is C17H28N6O2. The van der Waals surface area contributed by atoms with E-state index in [9.17, 15) is 9.59 Å². The smallest absolute Gasteiger partial charge is 0.254 e. The Morgan fingerprint density at radius 2 is 1.96 bits per heavy atom. The first-order valence-corrected chi connectivity index (χ1v) is 8.88. The minimum atomic E-state index is -0.561. The molecule has 0 radical (unpaired) electrons. The largest absolute Gasteiger partial charge is 0.367 e. The van der Waals surface area contributed by atoms with E-state index in [-0.39, 0.29) is 29.5 Å². The molecular weight excluding hydrogens is 320 g/mol. The molecule has 2 rings (SSSR count). The van der Waals surface area contributed by atoms with Crippen LogP contribution in [0.2, 0.25) is 0 Å². The molecule has 5 N–H and O–H groups in total. The van der Waals surface area contributed by atoms with Gasteiger partial charge in [0, 0.05) is 30.7 Å². The molecule has 0 saturated heterocycles. The van der Waals surface area contributed by atoms with E-state index >= 15 is 0 Å².